The van der Waals surface area contributed by atoms with Crippen LogP contribution in [-0.2, 0) is 107 Å². The number of imidazole rings is 1. The number of nitrogens with two attached hydrogens (primary N) is 3. The molecule has 3 aromatic carbocycles. The highest BCUT2D eigenvalue weighted by Gasteiger charge is 2.44. The van der Waals surface area contributed by atoms with E-state index in [0.717, 1.165) is 31.4 Å². The molecule has 5 heterocycles. The fraction of sp³-hybridized carbons (Fsp3) is 0.517. The van der Waals surface area contributed by atoms with Gasteiger partial charge in [0.25, 0.3) is 0 Å². The number of guanidine groups is 1. The van der Waals surface area contributed by atoms with E-state index in [0.29, 0.717) is 69.9 Å². The van der Waals surface area contributed by atoms with E-state index < -0.39 is 229 Å². The van der Waals surface area contributed by atoms with Crippen molar-refractivity contribution in [2.75, 3.05) is 65.5 Å². The Morgan fingerprint density at radius 2 is 1.02 bits per heavy atom. The lowest BCUT2D eigenvalue weighted by atomic mass is 10.00. The van der Waals surface area contributed by atoms with Crippen LogP contribution in [0.4, 0.5) is 0 Å². The maximum atomic E-state index is 15.7. The van der Waals surface area contributed by atoms with Crippen molar-refractivity contribution >= 4 is 140 Å². The Morgan fingerprint density at radius 3 is 1.59 bits per heavy atom. The highest BCUT2D eigenvalue weighted by molar-refractivity contribution is 8.00. The first kappa shape index (κ1) is 105. The molecule has 0 saturated carbocycles. The molecule has 2 saturated heterocycles. The van der Waals surface area contributed by atoms with Crippen molar-refractivity contribution in [1.82, 2.24) is 103 Å². The van der Waals surface area contributed by atoms with Gasteiger partial charge in [-0.15, -0.1) is 11.8 Å². The molecule has 0 aliphatic carbocycles. The van der Waals surface area contributed by atoms with E-state index in [4.69, 9.17) is 22.6 Å². The second-order valence-electron chi connectivity index (χ2n) is 33.6. The third kappa shape index (κ3) is 30.5. The van der Waals surface area contributed by atoms with E-state index in [9.17, 15) is 67.7 Å². The van der Waals surface area contributed by atoms with Gasteiger partial charge in [-0.1, -0.05) is 120 Å². The smallest absolute Gasteiger partial charge is 0.246 e. The molecular weight excluding hydrogens is 1740 g/mol. The number of nitrogens with one attached hydrogen (secondary N) is 16. The van der Waals surface area contributed by atoms with Gasteiger partial charge < -0.3 is 126 Å². The lowest BCUT2D eigenvalue weighted by Gasteiger charge is -2.36. The summed E-state index contributed by atoms with van der Waals surface area (Å²) in [7, 11) is 3.93. The Bertz CT molecular complexity index is 5070. The molecule has 14 atom stereocenters. The summed E-state index contributed by atoms with van der Waals surface area (Å²) in [4.78, 5) is 266. The average molecular weight is 1870 g/mol. The number of para-hydroxylation sites is 2. The number of aliphatic hydroxyl groups is 2. The van der Waals surface area contributed by atoms with Gasteiger partial charge in [0.2, 0.25) is 100 Å². The molecule has 0 bridgehead atoms. The number of fused-ring (bicyclic) bond motifs is 3. The maximum absolute atomic E-state index is 15.7. The molecule has 722 valence electrons. The van der Waals surface area contributed by atoms with Gasteiger partial charge in [-0.05, 0) is 86.6 Å². The number of H-pyrrole nitrogens is 3. The summed E-state index contributed by atoms with van der Waals surface area (Å²) in [6.07, 6.45) is 5.47. The molecule has 2 aliphatic heterocycles. The molecule has 14 unspecified atom stereocenters. The Hall–Kier alpha value is -13.5. The first-order valence-corrected chi connectivity index (χ1v) is 45.6. The monoisotopic (exact) mass is 1870 g/mol. The molecule has 2 aliphatic rings. The number of aromatic amines is 3. The van der Waals surface area contributed by atoms with E-state index in [1.165, 1.54) is 40.6 Å². The Morgan fingerprint density at radius 1 is 0.519 bits per heavy atom. The van der Waals surface area contributed by atoms with Crippen molar-refractivity contribution in [2.45, 2.75) is 222 Å². The molecular formula is C89H126N24O19S. The zero-order valence-electron chi connectivity index (χ0n) is 75.9. The van der Waals surface area contributed by atoms with Gasteiger partial charge in [-0.2, -0.15) is 0 Å². The van der Waals surface area contributed by atoms with Crippen molar-refractivity contribution < 1.29 is 91.7 Å². The van der Waals surface area contributed by atoms with Crippen LogP contribution in [0.15, 0.2) is 104 Å². The summed E-state index contributed by atoms with van der Waals surface area (Å²) < 4.78 is 0. The molecule has 44 heteroatoms. The van der Waals surface area contributed by atoms with Crippen molar-refractivity contribution in [3.8, 4) is 0 Å². The number of likely N-dealkylation sites (N-methyl/N-ethyl adjacent to an activating group) is 3. The number of carbonyl (C=O) groups is 17. The fourth-order valence-electron chi connectivity index (χ4n) is 15.7. The van der Waals surface area contributed by atoms with Crippen molar-refractivity contribution in [1.29, 1.82) is 5.41 Å². The molecule has 24 N–H and O–H groups in total. The van der Waals surface area contributed by atoms with Gasteiger partial charge in [0.05, 0.1) is 38.3 Å². The molecule has 2 fully saturated rings. The predicted octanol–water partition coefficient (Wildman–Crippen LogP) is -3.12. The lowest BCUT2D eigenvalue weighted by Crippen LogP contribution is -2.62. The van der Waals surface area contributed by atoms with E-state index in [1.807, 2.05) is 13.8 Å². The first-order chi connectivity index (χ1) is 63.4. The minimum Gasteiger partial charge on any atom is -0.394 e. The molecule has 0 radical (unpaired) electrons. The average Bonchev–Trinajstić information content (AvgIpc) is 1.51. The Kier molecular flexibility index (Phi) is 40.5. The highest BCUT2D eigenvalue weighted by atomic mass is 32.2. The molecule has 0 spiro atoms. The van der Waals surface area contributed by atoms with Gasteiger partial charge >= 0.3 is 0 Å². The van der Waals surface area contributed by atoms with Crippen LogP contribution in [0.3, 0.4) is 0 Å². The minimum atomic E-state index is -1.91. The van der Waals surface area contributed by atoms with Crippen molar-refractivity contribution in [3.63, 3.8) is 0 Å². The zero-order valence-corrected chi connectivity index (χ0v) is 76.8. The van der Waals surface area contributed by atoms with Crippen LogP contribution in [0.1, 0.15) is 134 Å². The topological polar surface area (TPSA) is 650 Å². The number of benzene rings is 3. The Labute approximate surface area is 773 Å². The standard InChI is InChI=1S/C89H126N24O19S/c1-9-11-29-69-83(127)101-59(28-20-32-95-89(92)93)77(121)109-68(76(120)98-43-73(91)117)46-133-47-74(118)100-63(35-51-22-14-13-15-23-51)85(129)110(6)50(5)75(119)105-65(39-72(90)116)87(131)113-33-21-31-70(113)84(128)104-62(38-54-42-94-48-99-54)80(124)102-60(34-49(3)4)78(122)107-66(44-114)81(125)103-61(36-52-40-96-57-26-18-16-24-55(52)57)79(123)108-67(45-115)82(126)106-64(37-53-41-97-58-27-19-17-25-56(53)58)86(130)112(8)71(30-12-10-2)88(132)111(69)7/h13-19,22-27,40-42,48-50,59-71,96-97,114-115H,9-12,20-21,28-39,43-47H2,1-8H3,(H2,90,116)(H2,91,117)(H,94,99)(H,98,120)(H,100,118)(H,101,127)(H,102,124)(H,103,125)(H,104,128)(H,105,119)(H,106,126)(H,107,122)(H,108,123)(H,109,121)(H4,92,93,95). The van der Waals surface area contributed by atoms with E-state index >= 15 is 24.0 Å². The van der Waals surface area contributed by atoms with Gasteiger partial charge in [0.15, 0.2) is 5.96 Å². The molecule has 8 rings (SSSR count). The summed E-state index contributed by atoms with van der Waals surface area (Å²) in [6.45, 7) is 5.35. The third-order valence-electron chi connectivity index (χ3n) is 23.2. The van der Waals surface area contributed by atoms with E-state index in [-0.39, 0.29) is 89.6 Å². The minimum absolute atomic E-state index is 0.00610. The van der Waals surface area contributed by atoms with Crippen LogP contribution in [0.25, 0.3) is 21.8 Å². The number of thioether (sulfide) groups is 1. The van der Waals surface area contributed by atoms with E-state index in [1.54, 1.807) is 105 Å². The van der Waals surface area contributed by atoms with Crippen LogP contribution in [-0.4, -0.2) is 306 Å². The molecule has 43 nitrogen and oxygen atoms in total. The quantitative estimate of drug-likeness (QED) is 0.0138. The molecule has 6 aromatic rings. The summed E-state index contributed by atoms with van der Waals surface area (Å²) in [5.41, 5.74) is 19.8. The van der Waals surface area contributed by atoms with Gasteiger partial charge in [-0.3, -0.25) is 86.9 Å². The SMILES string of the molecule is CCCCC1C(=O)N(C)C(CCCC)C(=O)NC(CCCNC(=N)N)C(=O)NC(C(=O)NCC(N)=O)CSCC(=O)NC(Cc2ccccc2)C(=O)N(C)C(C)C(=O)NC(CC(N)=O)C(=O)N2CCCC2C(=O)NC(Cc2cnc[nH]2)C(=O)NC(CC(C)C)C(=O)NC(CO)C(=O)NC(Cc2c[nH]c3ccccc23)C(=O)NC(CO)C(=O)NC(Cc2c[nH]c3ccccc23)C(=O)N1C. The van der Waals surface area contributed by atoms with E-state index in [2.05, 4.69) is 83.7 Å². The molecule has 133 heavy (non-hydrogen) atoms. The highest BCUT2D eigenvalue weighted by Crippen LogP contribution is 2.26. The van der Waals surface area contributed by atoms with Gasteiger partial charge in [-0.25, -0.2) is 4.98 Å². The predicted molar refractivity (Wildman–Crippen MR) is 491 cm³/mol. The number of carbonyl (C=O) groups excluding carboxylic acids is 17. The zero-order chi connectivity index (χ0) is 97.3. The number of rotatable bonds is 27. The lowest BCUT2D eigenvalue weighted by molar-refractivity contribution is -0.149. The largest absolute Gasteiger partial charge is 0.394 e. The van der Waals surface area contributed by atoms with Crippen LogP contribution in [0.2, 0.25) is 0 Å². The number of aliphatic hydroxyl groups excluding tert-OH is 2. The summed E-state index contributed by atoms with van der Waals surface area (Å²) in [5.74, 6) is -18.1. The van der Waals surface area contributed by atoms with Crippen LogP contribution in [0.5, 0.6) is 0 Å². The van der Waals surface area contributed by atoms with Gasteiger partial charge in [0.1, 0.15) is 84.6 Å². The normalized spacial score (nSPS) is 23.9. The fourth-order valence-corrected chi connectivity index (χ4v) is 16.6. The number of primary amides is 2. The second-order valence-corrected chi connectivity index (χ2v) is 34.7. The van der Waals surface area contributed by atoms with Crippen LogP contribution < -0.4 is 81.0 Å². The number of unbranched alkanes of at least 4 members (excludes halogenated alkanes) is 2. The van der Waals surface area contributed by atoms with Gasteiger partial charge in [0, 0.05) is 112 Å². The summed E-state index contributed by atoms with van der Waals surface area (Å²) in [6, 6.07) is 0.272. The molecule has 17 amide bonds. The summed E-state index contributed by atoms with van der Waals surface area (Å²) >= 11 is 0.789. The second kappa shape index (κ2) is 51.3. The summed E-state index contributed by atoms with van der Waals surface area (Å²) in [5, 5.41) is 62.5. The third-order valence-corrected chi connectivity index (χ3v) is 24.2. The number of nitrogens with zero attached hydrogens (tertiary/aromatic N) is 5. The van der Waals surface area contributed by atoms with Crippen LogP contribution in [0, 0.1) is 11.3 Å². The maximum Gasteiger partial charge on any atom is 0.246 e. The number of hydrogen-bond donors (Lipinski definition) is 21. The number of aromatic nitrogens is 4. The number of amides is 17. The molecule has 3 aromatic heterocycles. The number of hydrogen-bond acceptors (Lipinski definition) is 22. The van der Waals surface area contributed by atoms with Crippen molar-refractivity contribution in [3.05, 3.63) is 126 Å². The van der Waals surface area contributed by atoms with Crippen molar-refractivity contribution in [2.24, 2.45) is 23.1 Å². The van der Waals surface area contributed by atoms with Crippen LogP contribution >= 0.6 is 11.8 Å². The Balaban J connectivity index is 1.19. The first-order valence-electron chi connectivity index (χ1n) is 44.4.